The minimum atomic E-state index is -0.388. The molecule has 1 fully saturated rings. The molecular weight excluding hydrogens is 306 g/mol. The molecule has 0 spiro atoms. The first-order valence-corrected chi connectivity index (χ1v) is 8.15. The summed E-state index contributed by atoms with van der Waals surface area (Å²) in [5.74, 6) is -0.558. The highest BCUT2D eigenvalue weighted by atomic mass is 16.5. The highest BCUT2D eigenvalue weighted by Gasteiger charge is 2.22. The van der Waals surface area contributed by atoms with Gasteiger partial charge in [-0.15, -0.1) is 0 Å². The summed E-state index contributed by atoms with van der Waals surface area (Å²) in [6.07, 6.45) is 0.183. The summed E-state index contributed by atoms with van der Waals surface area (Å²) in [6.45, 7) is 3.32. The van der Waals surface area contributed by atoms with Crippen LogP contribution in [0.2, 0.25) is 0 Å². The molecule has 3 rings (SSSR count). The Morgan fingerprint density at radius 3 is 2.83 bits per heavy atom. The molecular formula is C19H21NO4. The van der Waals surface area contributed by atoms with E-state index in [1.165, 1.54) is 0 Å². The van der Waals surface area contributed by atoms with Gasteiger partial charge in [-0.25, -0.2) is 0 Å². The number of hydrogen-bond acceptors (Lipinski definition) is 4. The van der Waals surface area contributed by atoms with E-state index in [0.29, 0.717) is 19.7 Å². The number of carbonyl (C=O) groups excluding carboxylic acids is 2. The van der Waals surface area contributed by atoms with Crippen LogP contribution in [0, 0.1) is 0 Å². The van der Waals surface area contributed by atoms with Crippen LogP contribution >= 0.6 is 0 Å². The molecule has 2 aromatic rings. The number of ether oxygens (including phenoxy) is 2. The molecule has 1 unspecified atom stereocenters. The van der Waals surface area contributed by atoms with Gasteiger partial charge in [0, 0.05) is 13.1 Å². The van der Waals surface area contributed by atoms with Gasteiger partial charge in [0.1, 0.15) is 0 Å². The maximum atomic E-state index is 12.1. The molecule has 24 heavy (non-hydrogen) atoms. The highest BCUT2D eigenvalue weighted by Crippen LogP contribution is 2.19. The predicted molar refractivity (Wildman–Crippen MR) is 90.6 cm³/mol. The van der Waals surface area contributed by atoms with Gasteiger partial charge in [-0.3, -0.25) is 9.59 Å². The number of carbonyl (C=O) groups is 2. The van der Waals surface area contributed by atoms with Crippen LogP contribution in [0.25, 0.3) is 10.8 Å². The van der Waals surface area contributed by atoms with Gasteiger partial charge in [0.25, 0.3) is 5.91 Å². The van der Waals surface area contributed by atoms with Crippen molar-refractivity contribution in [2.45, 2.75) is 19.4 Å². The first kappa shape index (κ1) is 16.5. The molecule has 126 valence electrons. The monoisotopic (exact) mass is 327 g/mol. The number of nitrogens with zero attached hydrogens (tertiary/aromatic N) is 1. The van der Waals surface area contributed by atoms with Crippen molar-refractivity contribution in [3.63, 3.8) is 0 Å². The zero-order valence-electron chi connectivity index (χ0n) is 13.7. The Morgan fingerprint density at radius 2 is 2.00 bits per heavy atom. The molecule has 1 amide bonds. The van der Waals surface area contributed by atoms with Gasteiger partial charge in [-0.2, -0.15) is 0 Å². The van der Waals surface area contributed by atoms with Gasteiger partial charge in [-0.1, -0.05) is 42.5 Å². The molecule has 0 radical (unpaired) electrons. The van der Waals surface area contributed by atoms with Gasteiger partial charge >= 0.3 is 5.97 Å². The topological polar surface area (TPSA) is 55.8 Å². The number of rotatable bonds is 4. The molecule has 0 saturated carbocycles. The molecule has 5 heteroatoms. The Bertz CT molecular complexity index is 738. The number of hydrogen-bond donors (Lipinski definition) is 0. The third-order valence-electron chi connectivity index (χ3n) is 4.17. The molecule has 1 atom stereocenters. The summed E-state index contributed by atoms with van der Waals surface area (Å²) in [6, 6.07) is 13.7. The van der Waals surface area contributed by atoms with E-state index >= 15 is 0 Å². The van der Waals surface area contributed by atoms with Crippen LogP contribution in [0.1, 0.15) is 12.5 Å². The molecule has 0 bridgehead atoms. The van der Waals surface area contributed by atoms with E-state index < -0.39 is 0 Å². The lowest BCUT2D eigenvalue weighted by molar-refractivity contribution is -0.154. The van der Waals surface area contributed by atoms with Gasteiger partial charge in [0.15, 0.2) is 6.61 Å². The standard InChI is InChI=1S/C19H21NO4/c1-14-12-20(9-10-23-14)18(21)13-24-19(22)11-16-7-4-6-15-5-2-3-8-17(15)16/h2-8,14H,9-13H2,1H3. The number of benzene rings is 2. The molecule has 1 aliphatic rings. The Hall–Kier alpha value is -2.40. The fraction of sp³-hybridized carbons (Fsp3) is 0.368. The second-order valence-electron chi connectivity index (χ2n) is 6.00. The fourth-order valence-electron chi connectivity index (χ4n) is 2.93. The lowest BCUT2D eigenvalue weighted by atomic mass is 10.0. The lowest BCUT2D eigenvalue weighted by Gasteiger charge is -2.30. The normalized spacial score (nSPS) is 17.7. The zero-order chi connectivity index (χ0) is 16.9. The van der Waals surface area contributed by atoms with Crippen molar-refractivity contribution in [2.24, 2.45) is 0 Å². The first-order chi connectivity index (χ1) is 11.6. The van der Waals surface area contributed by atoms with Crippen molar-refractivity contribution < 1.29 is 19.1 Å². The third-order valence-corrected chi connectivity index (χ3v) is 4.17. The van der Waals surface area contributed by atoms with Gasteiger partial charge < -0.3 is 14.4 Å². The number of morpholine rings is 1. The average Bonchev–Trinajstić information content (AvgIpc) is 2.60. The van der Waals surface area contributed by atoms with Gasteiger partial charge in [0.2, 0.25) is 0 Å². The first-order valence-electron chi connectivity index (χ1n) is 8.15. The second-order valence-corrected chi connectivity index (χ2v) is 6.00. The molecule has 1 aliphatic heterocycles. The van der Waals surface area contributed by atoms with Crippen molar-refractivity contribution in [3.05, 3.63) is 48.0 Å². The lowest BCUT2D eigenvalue weighted by Crippen LogP contribution is -2.46. The van der Waals surface area contributed by atoms with Crippen molar-refractivity contribution in [1.82, 2.24) is 4.90 Å². The number of fused-ring (bicyclic) bond motifs is 1. The number of esters is 1. The molecule has 2 aromatic carbocycles. The predicted octanol–water partition coefficient (Wildman–Crippen LogP) is 2.17. The van der Waals surface area contributed by atoms with Crippen LogP contribution in [-0.2, 0) is 25.5 Å². The van der Waals surface area contributed by atoms with Crippen molar-refractivity contribution in [3.8, 4) is 0 Å². The Kier molecular flexibility index (Phi) is 5.11. The van der Waals surface area contributed by atoms with Crippen molar-refractivity contribution >= 4 is 22.6 Å². The maximum absolute atomic E-state index is 12.1. The van der Waals surface area contributed by atoms with Crippen LogP contribution in [-0.4, -0.2) is 49.2 Å². The molecule has 1 saturated heterocycles. The van der Waals surface area contributed by atoms with E-state index in [1.54, 1.807) is 4.90 Å². The van der Waals surface area contributed by atoms with Crippen LogP contribution < -0.4 is 0 Å². The van der Waals surface area contributed by atoms with Gasteiger partial charge in [-0.05, 0) is 23.3 Å². The minimum absolute atomic E-state index is 0.0223. The highest BCUT2D eigenvalue weighted by molar-refractivity contribution is 5.89. The van der Waals surface area contributed by atoms with E-state index in [-0.39, 0.29) is 31.0 Å². The molecule has 0 aliphatic carbocycles. The summed E-state index contributed by atoms with van der Waals surface area (Å²) in [5.41, 5.74) is 0.908. The summed E-state index contributed by atoms with van der Waals surface area (Å²) in [5, 5.41) is 2.12. The Morgan fingerprint density at radius 1 is 1.21 bits per heavy atom. The zero-order valence-corrected chi connectivity index (χ0v) is 13.7. The summed E-state index contributed by atoms with van der Waals surface area (Å²) < 4.78 is 10.6. The second kappa shape index (κ2) is 7.45. The SMILES string of the molecule is CC1CN(C(=O)COC(=O)Cc2cccc3ccccc23)CCO1. The van der Waals surface area contributed by atoms with E-state index in [2.05, 4.69) is 0 Å². The molecule has 0 N–H and O–H groups in total. The molecule has 0 aromatic heterocycles. The summed E-state index contributed by atoms with van der Waals surface area (Å²) in [4.78, 5) is 25.9. The molecule has 1 heterocycles. The Balaban J connectivity index is 1.56. The molecule has 5 nitrogen and oxygen atoms in total. The van der Waals surface area contributed by atoms with E-state index in [1.807, 2.05) is 49.4 Å². The largest absolute Gasteiger partial charge is 0.455 e. The Labute approximate surface area is 141 Å². The van der Waals surface area contributed by atoms with Crippen molar-refractivity contribution in [1.29, 1.82) is 0 Å². The van der Waals surface area contributed by atoms with Crippen LogP contribution in [0.5, 0.6) is 0 Å². The maximum Gasteiger partial charge on any atom is 0.310 e. The summed E-state index contributed by atoms with van der Waals surface area (Å²) in [7, 11) is 0. The van der Waals surface area contributed by atoms with Crippen LogP contribution in [0.4, 0.5) is 0 Å². The van der Waals surface area contributed by atoms with E-state index in [0.717, 1.165) is 16.3 Å². The van der Waals surface area contributed by atoms with Crippen LogP contribution in [0.3, 0.4) is 0 Å². The van der Waals surface area contributed by atoms with Gasteiger partial charge in [0.05, 0.1) is 19.1 Å². The van der Waals surface area contributed by atoms with E-state index in [9.17, 15) is 9.59 Å². The quantitative estimate of drug-likeness (QED) is 0.808. The number of amides is 1. The minimum Gasteiger partial charge on any atom is -0.455 e. The summed E-state index contributed by atoms with van der Waals surface area (Å²) >= 11 is 0. The smallest absolute Gasteiger partial charge is 0.310 e. The van der Waals surface area contributed by atoms with E-state index in [4.69, 9.17) is 9.47 Å². The third kappa shape index (κ3) is 3.92. The van der Waals surface area contributed by atoms with Crippen LogP contribution in [0.15, 0.2) is 42.5 Å². The van der Waals surface area contributed by atoms with Crippen molar-refractivity contribution in [2.75, 3.05) is 26.3 Å². The average molecular weight is 327 g/mol. The fourth-order valence-corrected chi connectivity index (χ4v) is 2.93.